The molecule has 1 aliphatic heterocycles. The summed E-state index contributed by atoms with van der Waals surface area (Å²) in [6.07, 6.45) is 3.10. The summed E-state index contributed by atoms with van der Waals surface area (Å²) in [6.45, 7) is 1.96. The Morgan fingerprint density at radius 3 is 2.63 bits per heavy atom. The van der Waals surface area contributed by atoms with Gasteiger partial charge < -0.3 is 15.2 Å². The summed E-state index contributed by atoms with van der Waals surface area (Å²) in [4.78, 5) is 45.3. The van der Waals surface area contributed by atoms with Gasteiger partial charge in [0.1, 0.15) is 23.2 Å². The van der Waals surface area contributed by atoms with Crippen molar-refractivity contribution in [1.29, 1.82) is 0 Å². The normalized spacial score (nSPS) is 23.8. The van der Waals surface area contributed by atoms with Crippen LogP contribution >= 0.6 is 0 Å². The maximum Gasteiger partial charge on any atom is 0.270 e. The summed E-state index contributed by atoms with van der Waals surface area (Å²) in [7, 11) is 0. The average molecular weight is 416 g/mol. The summed E-state index contributed by atoms with van der Waals surface area (Å²) in [6, 6.07) is 3.98. The molecule has 0 bridgehead atoms. The van der Waals surface area contributed by atoms with Crippen molar-refractivity contribution in [2.24, 2.45) is 5.41 Å². The number of amides is 2. The van der Waals surface area contributed by atoms with E-state index in [0.717, 1.165) is 30.7 Å². The van der Waals surface area contributed by atoms with Gasteiger partial charge in [0.05, 0.1) is 5.41 Å². The second-order valence-electron chi connectivity index (χ2n) is 8.10. The highest BCUT2D eigenvalue weighted by atomic mass is 19.1. The van der Waals surface area contributed by atoms with E-state index >= 15 is 0 Å². The summed E-state index contributed by atoms with van der Waals surface area (Å²) in [5.41, 5.74) is -0.831. The summed E-state index contributed by atoms with van der Waals surface area (Å²) < 4.78 is 27.2. The molecule has 2 fully saturated rings. The maximum absolute atomic E-state index is 13.6. The SMILES string of the molecule is Cc1nc(C(=O)N[C@@H]2CCCC3(CCN(c4cc(F)cc(F)c4)C3=O)C2)cc(=O)[nH]1. The van der Waals surface area contributed by atoms with E-state index in [9.17, 15) is 23.2 Å². The zero-order chi connectivity index (χ0) is 21.5. The number of rotatable bonds is 3. The molecular weight excluding hydrogens is 394 g/mol. The van der Waals surface area contributed by atoms with Crippen LogP contribution < -0.4 is 15.8 Å². The highest BCUT2D eigenvalue weighted by Crippen LogP contribution is 2.46. The third-order valence-corrected chi connectivity index (χ3v) is 5.94. The van der Waals surface area contributed by atoms with Gasteiger partial charge in [-0.1, -0.05) is 6.42 Å². The monoisotopic (exact) mass is 416 g/mol. The van der Waals surface area contributed by atoms with E-state index in [4.69, 9.17) is 0 Å². The Labute approximate surface area is 171 Å². The standard InChI is InChI=1S/C21H22F2N4O3/c1-12-24-17(10-18(28)25-12)19(29)26-15-3-2-4-21(11-15)5-6-27(20(21)30)16-8-13(22)7-14(23)9-16/h7-10,15H,2-6,11H2,1H3,(H,26,29)(H,24,25,28)/t15-,21?/m1/s1. The number of anilines is 1. The maximum atomic E-state index is 13.6. The van der Waals surface area contributed by atoms with Crippen molar-refractivity contribution in [2.75, 3.05) is 11.4 Å². The van der Waals surface area contributed by atoms with Gasteiger partial charge in [-0.2, -0.15) is 0 Å². The fraction of sp³-hybridized carbons (Fsp3) is 0.429. The second-order valence-corrected chi connectivity index (χ2v) is 8.10. The lowest BCUT2D eigenvalue weighted by Gasteiger charge is -2.36. The molecule has 2 aliphatic rings. The minimum atomic E-state index is -0.729. The van der Waals surface area contributed by atoms with E-state index < -0.39 is 28.5 Å². The molecule has 2 aromatic rings. The molecule has 1 saturated heterocycles. The van der Waals surface area contributed by atoms with Crippen LogP contribution in [0.15, 0.2) is 29.1 Å². The predicted molar refractivity (Wildman–Crippen MR) is 105 cm³/mol. The van der Waals surface area contributed by atoms with Crippen LogP contribution in [0.3, 0.4) is 0 Å². The number of aryl methyl sites for hydroxylation is 1. The highest BCUT2D eigenvalue weighted by Gasteiger charge is 2.49. The van der Waals surface area contributed by atoms with Crippen molar-refractivity contribution >= 4 is 17.5 Å². The van der Waals surface area contributed by atoms with Gasteiger partial charge in [0, 0.05) is 30.4 Å². The van der Waals surface area contributed by atoms with Crippen LogP contribution in [0.5, 0.6) is 0 Å². The Bertz CT molecular complexity index is 1050. The van der Waals surface area contributed by atoms with E-state index in [0.29, 0.717) is 38.1 Å². The third-order valence-electron chi connectivity index (χ3n) is 5.94. The number of H-pyrrole nitrogens is 1. The van der Waals surface area contributed by atoms with Crippen molar-refractivity contribution in [3.8, 4) is 0 Å². The topological polar surface area (TPSA) is 95.2 Å². The van der Waals surface area contributed by atoms with E-state index in [1.807, 2.05) is 0 Å². The first-order chi connectivity index (χ1) is 14.3. The zero-order valence-electron chi connectivity index (χ0n) is 16.5. The summed E-state index contributed by atoms with van der Waals surface area (Å²) in [5, 5.41) is 2.89. The van der Waals surface area contributed by atoms with E-state index in [2.05, 4.69) is 15.3 Å². The average Bonchev–Trinajstić information content (AvgIpc) is 2.96. The largest absolute Gasteiger partial charge is 0.348 e. The van der Waals surface area contributed by atoms with Gasteiger partial charge in [0.2, 0.25) is 5.91 Å². The third kappa shape index (κ3) is 3.83. The quantitative estimate of drug-likeness (QED) is 0.804. The molecule has 1 aliphatic carbocycles. The summed E-state index contributed by atoms with van der Waals surface area (Å²) in [5.74, 6) is -1.74. The van der Waals surface area contributed by atoms with Crippen LogP contribution in [0.2, 0.25) is 0 Å². The molecule has 1 saturated carbocycles. The van der Waals surface area contributed by atoms with E-state index in [1.165, 1.54) is 4.90 Å². The Hall–Kier alpha value is -3.10. The molecule has 2 N–H and O–H groups in total. The van der Waals surface area contributed by atoms with Gasteiger partial charge in [-0.15, -0.1) is 0 Å². The van der Waals surface area contributed by atoms with Crippen molar-refractivity contribution in [1.82, 2.24) is 15.3 Å². The number of carbonyl (C=O) groups is 2. The number of carbonyl (C=O) groups excluding carboxylic acids is 2. The number of benzene rings is 1. The first-order valence-corrected chi connectivity index (χ1v) is 9.93. The van der Waals surface area contributed by atoms with Gasteiger partial charge in [-0.25, -0.2) is 13.8 Å². The lowest BCUT2D eigenvalue weighted by Crippen LogP contribution is -2.46. The van der Waals surface area contributed by atoms with Gasteiger partial charge >= 0.3 is 0 Å². The van der Waals surface area contributed by atoms with Crippen LogP contribution in [0, 0.1) is 24.0 Å². The molecule has 9 heteroatoms. The summed E-state index contributed by atoms with van der Waals surface area (Å²) >= 11 is 0. The molecule has 4 rings (SSSR count). The number of nitrogens with one attached hydrogen (secondary N) is 2. The molecular formula is C21H22F2N4O3. The molecule has 7 nitrogen and oxygen atoms in total. The predicted octanol–water partition coefficient (Wildman–Crippen LogP) is 2.45. The number of hydrogen-bond donors (Lipinski definition) is 2. The molecule has 1 aromatic heterocycles. The Morgan fingerprint density at radius 1 is 1.20 bits per heavy atom. The van der Waals surface area contributed by atoms with Crippen LogP contribution in [0.25, 0.3) is 0 Å². The molecule has 158 valence electrons. The Balaban J connectivity index is 1.50. The van der Waals surface area contributed by atoms with Crippen molar-refractivity contribution in [3.05, 3.63) is 57.8 Å². The van der Waals surface area contributed by atoms with Gasteiger partial charge in [0.15, 0.2) is 0 Å². The molecule has 2 atom stereocenters. The number of halogens is 2. The minimum absolute atomic E-state index is 0.0329. The Morgan fingerprint density at radius 2 is 1.93 bits per heavy atom. The van der Waals surface area contributed by atoms with Crippen molar-refractivity contribution in [2.45, 2.75) is 45.1 Å². The van der Waals surface area contributed by atoms with Crippen LogP contribution in [0.4, 0.5) is 14.5 Å². The van der Waals surface area contributed by atoms with Gasteiger partial charge in [-0.3, -0.25) is 14.4 Å². The molecule has 1 spiro atoms. The molecule has 1 aromatic carbocycles. The van der Waals surface area contributed by atoms with Crippen LogP contribution in [-0.4, -0.2) is 34.4 Å². The van der Waals surface area contributed by atoms with E-state index in [1.54, 1.807) is 6.92 Å². The molecule has 0 radical (unpaired) electrons. The van der Waals surface area contributed by atoms with Gasteiger partial charge in [0.25, 0.3) is 11.5 Å². The van der Waals surface area contributed by atoms with Gasteiger partial charge in [-0.05, 0) is 44.7 Å². The second kappa shape index (κ2) is 7.62. The van der Waals surface area contributed by atoms with E-state index in [-0.39, 0.29) is 23.3 Å². The smallest absolute Gasteiger partial charge is 0.270 e. The first kappa shape index (κ1) is 20.2. The van der Waals surface area contributed by atoms with Crippen LogP contribution in [0.1, 0.15) is 48.4 Å². The van der Waals surface area contributed by atoms with Crippen LogP contribution in [-0.2, 0) is 4.79 Å². The fourth-order valence-electron chi connectivity index (χ4n) is 4.62. The molecule has 2 amide bonds. The van der Waals surface area contributed by atoms with Crippen molar-refractivity contribution < 1.29 is 18.4 Å². The first-order valence-electron chi connectivity index (χ1n) is 9.93. The fourth-order valence-corrected chi connectivity index (χ4v) is 4.62. The lowest BCUT2D eigenvalue weighted by molar-refractivity contribution is -0.127. The number of aromatic nitrogens is 2. The minimum Gasteiger partial charge on any atom is -0.348 e. The number of nitrogens with zero attached hydrogens (tertiary/aromatic N) is 2. The highest BCUT2D eigenvalue weighted by molar-refractivity contribution is 6.00. The van der Waals surface area contributed by atoms with Crippen molar-refractivity contribution in [3.63, 3.8) is 0 Å². The lowest BCUT2D eigenvalue weighted by atomic mass is 9.71. The zero-order valence-corrected chi connectivity index (χ0v) is 16.5. The molecule has 2 heterocycles. The molecule has 1 unspecified atom stereocenters. The number of aromatic amines is 1. The molecule has 30 heavy (non-hydrogen) atoms. The number of hydrogen-bond acceptors (Lipinski definition) is 4. The Kier molecular flexibility index (Phi) is 5.13.